The van der Waals surface area contributed by atoms with Gasteiger partial charge in [0.15, 0.2) is 0 Å². The Balaban J connectivity index is 4.11. The average Bonchev–Trinajstić information content (AvgIpc) is 1.88. The molecule has 11 heavy (non-hydrogen) atoms. The molecule has 0 saturated carbocycles. The zero-order valence-corrected chi connectivity index (χ0v) is 8.57. The van der Waals surface area contributed by atoms with E-state index in [1.165, 1.54) is 0 Å². The zero-order chi connectivity index (χ0) is 8.85. The van der Waals surface area contributed by atoms with Gasteiger partial charge in [0.05, 0.1) is 0 Å². The Bertz CT molecular complexity index is 157. The molecule has 0 unspecified atom stereocenters. The number of hydrogen-bond donors (Lipinski definition) is 0. The van der Waals surface area contributed by atoms with Crippen LogP contribution in [0.25, 0.3) is 0 Å². The third kappa shape index (κ3) is 4.19. The molecule has 0 aliphatic rings. The maximum absolute atomic E-state index is 11.3. The Morgan fingerprint density at radius 1 is 1.36 bits per heavy atom. The van der Waals surface area contributed by atoms with Crippen molar-refractivity contribution in [1.82, 2.24) is 4.90 Å². The van der Waals surface area contributed by atoms with Crippen molar-refractivity contribution in [2.24, 2.45) is 0 Å². The molecule has 2 nitrogen and oxygen atoms in total. The first-order chi connectivity index (χ1) is 5.11. The summed E-state index contributed by atoms with van der Waals surface area (Å²) < 4.78 is 0. The molecule has 0 heterocycles. The maximum Gasteiger partial charge on any atom is 0.252 e. The van der Waals surface area contributed by atoms with Crippen molar-refractivity contribution >= 4 is 21.8 Å². The van der Waals surface area contributed by atoms with Gasteiger partial charge in [-0.15, -0.1) is 0 Å². The summed E-state index contributed by atoms with van der Waals surface area (Å²) in [5.41, 5.74) is 0. The Labute approximate surface area is 71.5 Å². The highest BCUT2D eigenvalue weighted by atomic mass is 32.2. The van der Waals surface area contributed by atoms with Crippen LogP contribution < -0.4 is 0 Å². The van der Waals surface area contributed by atoms with Gasteiger partial charge in [0.1, 0.15) is 0 Å². The van der Waals surface area contributed by atoms with E-state index >= 15 is 0 Å². The molecule has 3 heteroatoms. The minimum absolute atomic E-state index is 0.114. The molecule has 66 valence electrons. The first-order valence-electron chi connectivity index (χ1n) is 3.82. The summed E-state index contributed by atoms with van der Waals surface area (Å²) in [5, 5.41) is 1.78. The van der Waals surface area contributed by atoms with E-state index in [2.05, 4.69) is 0 Å². The molecular weight excluding hydrogens is 158 g/mol. The van der Waals surface area contributed by atoms with Crippen molar-refractivity contribution in [3.8, 4) is 0 Å². The molecule has 0 aliphatic heterocycles. The van der Waals surface area contributed by atoms with Gasteiger partial charge >= 0.3 is 0 Å². The van der Waals surface area contributed by atoms with Gasteiger partial charge in [0, 0.05) is 18.5 Å². The van der Waals surface area contributed by atoms with Crippen LogP contribution in [0.15, 0.2) is 0 Å². The minimum Gasteiger partial charge on any atom is -0.339 e. The summed E-state index contributed by atoms with van der Waals surface area (Å²) in [4.78, 5) is 13.1. The van der Waals surface area contributed by atoms with Crippen LogP contribution in [0.1, 0.15) is 13.8 Å². The van der Waals surface area contributed by atoms with Crippen molar-refractivity contribution in [3.05, 3.63) is 0 Å². The van der Waals surface area contributed by atoms with Gasteiger partial charge in [-0.2, -0.15) is 10.5 Å². The van der Waals surface area contributed by atoms with Gasteiger partial charge in [-0.3, -0.25) is 4.79 Å². The topological polar surface area (TPSA) is 20.3 Å². The normalized spacial score (nSPS) is 9.91. The lowest BCUT2D eigenvalue weighted by Gasteiger charge is -2.16. The fourth-order valence-corrected chi connectivity index (χ4v) is 1.36. The molecule has 0 aromatic carbocycles. The van der Waals surface area contributed by atoms with Crippen LogP contribution >= 0.6 is 10.5 Å². The standard InChI is InChI=1S/C8H17NOS/c1-5-9(6-2)8(10)7-11(3)4/h7H,5-6H2,1-4H3. The van der Waals surface area contributed by atoms with E-state index in [1.807, 2.05) is 31.3 Å². The van der Waals surface area contributed by atoms with E-state index in [1.54, 1.807) is 5.37 Å². The smallest absolute Gasteiger partial charge is 0.252 e. The number of amides is 1. The molecule has 0 rings (SSSR count). The van der Waals surface area contributed by atoms with E-state index in [-0.39, 0.29) is 16.4 Å². The molecule has 0 radical (unpaired) electrons. The molecular formula is C8H17NOS. The Morgan fingerprint density at radius 3 is 2.09 bits per heavy atom. The van der Waals surface area contributed by atoms with Crippen LogP contribution in [0.2, 0.25) is 0 Å². The third-order valence-electron chi connectivity index (χ3n) is 1.41. The number of rotatable bonds is 3. The molecule has 0 fully saturated rings. The second-order valence-electron chi connectivity index (χ2n) is 2.51. The summed E-state index contributed by atoms with van der Waals surface area (Å²) >= 11 is 0. The van der Waals surface area contributed by atoms with E-state index in [4.69, 9.17) is 0 Å². The van der Waals surface area contributed by atoms with Gasteiger partial charge < -0.3 is 4.90 Å². The Kier molecular flexibility index (Phi) is 5.20. The van der Waals surface area contributed by atoms with Crippen molar-refractivity contribution in [1.29, 1.82) is 0 Å². The first-order valence-corrected chi connectivity index (χ1v) is 5.92. The van der Waals surface area contributed by atoms with E-state index in [0.717, 1.165) is 13.1 Å². The van der Waals surface area contributed by atoms with Crippen LogP contribution in [0, 0.1) is 0 Å². The van der Waals surface area contributed by atoms with E-state index in [9.17, 15) is 4.79 Å². The van der Waals surface area contributed by atoms with Gasteiger partial charge in [-0.25, -0.2) is 0 Å². The predicted molar refractivity (Wildman–Crippen MR) is 53.4 cm³/mol. The minimum atomic E-state index is 0.114. The lowest BCUT2D eigenvalue weighted by atomic mass is 10.5. The molecule has 0 aromatic rings. The van der Waals surface area contributed by atoms with Crippen LogP contribution in [-0.4, -0.2) is 41.8 Å². The van der Waals surface area contributed by atoms with Crippen molar-refractivity contribution < 1.29 is 4.79 Å². The largest absolute Gasteiger partial charge is 0.339 e. The lowest BCUT2D eigenvalue weighted by Crippen LogP contribution is -2.31. The maximum atomic E-state index is 11.3. The highest BCUT2D eigenvalue weighted by molar-refractivity contribution is 8.14. The quantitative estimate of drug-likeness (QED) is 0.590. The second-order valence-corrected chi connectivity index (χ2v) is 4.50. The summed E-state index contributed by atoms with van der Waals surface area (Å²) in [5.74, 6) is 0.170. The highest BCUT2D eigenvalue weighted by Crippen LogP contribution is 1.97. The number of hydrogen-bond acceptors (Lipinski definition) is 1. The molecule has 0 aromatic heterocycles. The Morgan fingerprint density at radius 2 is 1.82 bits per heavy atom. The van der Waals surface area contributed by atoms with Crippen molar-refractivity contribution in [2.45, 2.75) is 13.8 Å². The van der Waals surface area contributed by atoms with Crippen molar-refractivity contribution in [2.75, 3.05) is 25.6 Å². The van der Waals surface area contributed by atoms with Crippen molar-refractivity contribution in [3.63, 3.8) is 0 Å². The van der Waals surface area contributed by atoms with Gasteiger partial charge in [-0.05, 0) is 26.4 Å². The van der Waals surface area contributed by atoms with Crippen LogP contribution in [0.5, 0.6) is 0 Å². The molecule has 1 amide bonds. The van der Waals surface area contributed by atoms with Gasteiger partial charge in [-0.1, -0.05) is 0 Å². The van der Waals surface area contributed by atoms with Gasteiger partial charge in [0.2, 0.25) is 0 Å². The third-order valence-corrected chi connectivity index (χ3v) is 2.08. The summed E-state index contributed by atoms with van der Waals surface area (Å²) in [7, 11) is 0.114. The summed E-state index contributed by atoms with van der Waals surface area (Å²) in [6, 6.07) is 0. The summed E-state index contributed by atoms with van der Waals surface area (Å²) in [6.07, 6.45) is 4.09. The monoisotopic (exact) mass is 175 g/mol. The SMILES string of the molecule is CCN(CC)C(=O)C=S(C)C. The second kappa shape index (κ2) is 5.35. The first kappa shape index (κ1) is 10.7. The van der Waals surface area contributed by atoms with Crippen LogP contribution in [-0.2, 0) is 4.79 Å². The number of carbonyl (C=O) groups excluding carboxylic acids is 1. The molecule has 0 bridgehead atoms. The highest BCUT2D eigenvalue weighted by Gasteiger charge is 2.04. The lowest BCUT2D eigenvalue weighted by molar-refractivity contribution is -0.123. The summed E-state index contributed by atoms with van der Waals surface area (Å²) in [6.45, 7) is 5.61. The van der Waals surface area contributed by atoms with E-state index < -0.39 is 0 Å². The molecule has 0 N–H and O–H groups in total. The number of nitrogens with zero attached hydrogens (tertiary/aromatic N) is 1. The van der Waals surface area contributed by atoms with Crippen LogP contribution in [0.4, 0.5) is 0 Å². The Hall–Kier alpha value is -0.310. The average molecular weight is 175 g/mol. The van der Waals surface area contributed by atoms with Gasteiger partial charge in [0.25, 0.3) is 5.91 Å². The molecule has 0 aliphatic carbocycles. The molecule has 0 saturated heterocycles. The fourth-order valence-electron chi connectivity index (χ4n) is 0.811. The molecule has 0 spiro atoms. The number of carbonyl (C=O) groups is 1. The van der Waals surface area contributed by atoms with E-state index in [0.29, 0.717) is 0 Å². The van der Waals surface area contributed by atoms with Crippen LogP contribution in [0.3, 0.4) is 0 Å². The predicted octanol–water partition coefficient (Wildman–Crippen LogP) is 1.19. The zero-order valence-electron chi connectivity index (χ0n) is 7.76. The fraction of sp³-hybridized carbons (Fsp3) is 0.750. The molecule has 0 atom stereocenters.